The zero-order chi connectivity index (χ0) is 18.8. The molecule has 0 aromatic carbocycles. The van der Waals surface area contributed by atoms with E-state index in [9.17, 15) is 4.79 Å². The van der Waals surface area contributed by atoms with Crippen LogP contribution in [-0.4, -0.2) is 49.0 Å². The molecule has 1 fully saturated rings. The van der Waals surface area contributed by atoms with Crippen LogP contribution >= 0.6 is 0 Å². The van der Waals surface area contributed by atoms with Crippen molar-refractivity contribution in [2.75, 3.05) is 13.1 Å². The fraction of sp³-hybridized carbons (Fsp3) is 0.368. The minimum absolute atomic E-state index is 0.0198. The first-order valence-electron chi connectivity index (χ1n) is 8.90. The Bertz CT molecular complexity index is 936. The summed E-state index contributed by atoms with van der Waals surface area (Å²) in [6.45, 7) is 5.20. The molecule has 4 rings (SSSR count). The molecule has 1 atom stereocenters. The molecular weight excluding hydrogens is 344 g/mol. The molecular formula is C19H20N6O2. The number of hydrogen-bond acceptors (Lipinski definition) is 7. The van der Waals surface area contributed by atoms with Crippen molar-refractivity contribution in [3.05, 3.63) is 53.8 Å². The van der Waals surface area contributed by atoms with Gasteiger partial charge in [0.1, 0.15) is 12.1 Å². The van der Waals surface area contributed by atoms with Gasteiger partial charge in [0.25, 0.3) is 5.91 Å². The van der Waals surface area contributed by atoms with Crippen molar-refractivity contribution < 1.29 is 9.32 Å². The summed E-state index contributed by atoms with van der Waals surface area (Å²) in [5.74, 6) is 1.07. The van der Waals surface area contributed by atoms with Gasteiger partial charge in [-0.15, -0.1) is 0 Å². The van der Waals surface area contributed by atoms with Crippen LogP contribution in [0.3, 0.4) is 0 Å². The van der Waals surface area contributed by atoms with E-state index >= 15 is 0 Å². The number of amides is 1. The lowest BCUT2D eigenvalue weighted by Crippen LogP contribution is -2.29. The summed E-state index contributed by atoms with van der Waals surface area (Å²) < 4.78 is 5.23. The van der Waals surface area contributed by atoms with Crippen LogP contribution in [0.15, 0.2) is 35.6 Å². The minimum Gasteiger partial charge on any atom is -0.361 e. The second-order valence-corrected chi connectivity index (χ2v) is 6.83. The summed E-state index contributed by atoms with van der Waals surface area (Å²) in [4.78, 5) is 31.3. The maximum absolute atomic E-state index is 12.5. The van der Waals surface area contributed by atoms with Gasteiger partial charge in [-0.25, -0.2) is 15.0 Å². The van der Waals surface area contributed by atoms with Gasteiger partial charge < -0.3 is 9.42 Å². The van der Waals surface area contributed by atoms with Gasteiger partial charge in [-0.05, 0) is 32.6 Å². The van der Waals surface area contributed by atoms with Crippen LogP contribution in [0.5, 0.6) is 0 Å². The van der Waals surface area contributed by atoms with E-state index in [1.165, 1.54) is 6.33 Å². The van der Waals surface area contributed by atoms with Gasteiger partial charge >= 0.3 is 0 Å². The Kier molecular flexibility index (Phi) is 4.62. The number of likely N-dealkylation sites (tertiary alicyclic amines) is 1. The second-order valence-electron chi connectivity index (χ2n) is 6.83. The molecule has 3 aromatic rings. The van der Waals surface area contributed by atoms with Crippen molar-refractivity contribution in [2.45, 2.75) is 26.7 Å². The normalized spacial score (nSPS) is 16.7. The quantitative estimate of drug-likeness (QED) is 0.700. The van der Waals surface area contributed by atoms with E-state index in [-0.39, 0.29) is 5.91 Å². The van der Waals surface area contributed by atoms with Crippen molar-refractivity contribution in [3.63, 3.8) is 0 Å². The Labute approximate surface area is 156 Å². The van der Waals surface area contributed by atoms with E-state index < -0.39 is 0 Å². The number of carbonyl (C=O) groups excluding carboxylic acids is 1. The Morgan fingerprint density at radius 3 is 2.74 bits per heavy atom. The summed E-state index contributed by atoms with van der Waals surface area (Å²) in [6.07, 6.45) is 9.78. The highest BCUT2D eigenvalue weighted by Gasteiger charge is 2.28. The standard InChI is InChI=1S/C19H20N6O2/c1-12-18(13(2)27-24-12)17-9-20-8-16(23-17)5-14-3-4-25(10-14)19(26)15-6-21-11-22-7-15/h6-9,11,14H,3-5,10H2,1-2H3/t14-/m1/s1. The van der Waals surface area contributed by atoms with Crippen molar-refractivity contribution >= 4 is 5.91 Å². The summed E-state index contributed by atoms with van der Waals surface area (Å²) >= 11 is 0. The monoisotopic (exact) mass is 364 g/mol. The van der Waals surface area contributed by atoms with Crippen LogP contribution in [0.2, 0.25) is 0 Å². The molecule has 4 heterocycles. The van der Waals surface area contributed by atoms with Gasteiger partial charge in [0, 0.05) is 31.7 Å². The van der Waals surface area contributed by atoms with E-state index in [0.717, 1.165) is 47.8 Å². The molecule has 0 radical (unpaired) electrons. The summed E-state index contributed by atoms with van der Waals surface area (Å²) in [5, 5.41) is 3.99. The third-order valence-corrected chi connectivity index (χ3v) is 4.85. The van der Waals surface area contributed by atoms with Gasteiger partial charge in [-0.3, -0.25) is 9.78 Å². The molecule has 0 N–H and O–H groups in total. The maximum Gasteiger partial charge on any atom is 0.256 e. The third-order valence-electron chi connectivity index (χ3n) is 4.85. The van der Waals surface area contributed by atoms with Crippen molar-refractivity contribution in [1.29, 1.82) is 0 Å². The Morgan fingerprint density at radius 2 is 2.00 bits per heavy atom. The Hall–Kier alpha value is -3.16. The fourth-order valence-electron chi connectivity index (χ4n) is 3.55. The molecule has 1 amide bonds. The van der Waals surface area contributed by atoms with Crippen LogP contribution in [0.25, 0.3) is 11.3 Å². The molecule has 8 heteroatoms. The zero-order valence-electron chi connectivity index (χ0n) is 15.3. The molecule has 0 bridgehead atoms. The average molecular weight is 364 g/mol. The average Bonchev–Trinajstić information content (AvgIpc) is 3.28. The third kappa shape index (κ3) is 3.55. The van der Waals surface area contributed by atoms with Crippen molar-refractivity contribution in [2.24, 2.45) is 5.92 Å². The van der Waals surface area contributed by atoms with Crippen molar-refractivity contribution in [3.8, 4) is 11.3 Å². The molecule has 1 aliphatic heterocycles. The number of rotatable bonds is 4. The first kappa shape index (κ1) is 17.3. The van der Waals surface area contributed by atoms with Gasteiger partial charge in [-0.2, -0.15) is 0 Å². The van der Waals surface area contributed by atoms with Crippen LogP contribution in [0.1, 0.15) is 33.9 Å². The first-order chi connectivity index (χ1) is 13.1. The zero-order valence-corrected chi connectivity index (χ0v) is 15.3. The highest BCUT2D eigenvalue weighted by molar-refractivity contribution is 5.93. The molecule has 138 valence electrons. The van der Waals surface area contributed by atoms with Crippen LogP contribution in [0, 0.1) is 19.8 Å². The lowest BCUT2D eigenvalue weighted by Gasteiger charge is -2.16. The van der Waals surface area contributed by atoms with Gasteiger partial charge in [-0.1, -0.05) is 5.16 Å². The highest BCUT2D eigenvalue weighted by Crippen LogP contribution is 2.26. The Balaban J connectivity index is 1.45. The Morgan fingerprint density at radius 1 is 1.19 bits per heavy atom. The van der Waals surface area contributed by atoms with Gasteiger partial charge in [0.2, 0.25) is 0 Å². The summed E-state index contributed by atoms with van der Waals surface area (Å²) in [5.41, 5.74) is 3.92. The molecule has 0 aliphatic carbocycles. The van der Waals surface area contributed by atoms with E-state index in [4.69, 9.17) is 9.51 Å². The second kappa shape index (κ2) is 7.22. The molecule has 0 unspecified atom stereocenters. The van der Waals surface area contributed by atoms with Crippen LogP contribution in [0.4, 0.5) is 0 Å². The lowest BCUT2D eigenvalue weighted by atomic mass is 10.0. The molecule has 1 saturated heterocycles. The predicted molar refractivity (Wildman–Crippen MR) is 96.7 cm³/mol. The van der Waals surface area contributed by atoms with E-state index in [1.54, 1.807) is 24.8 Å². The van der Waals surface area contributed by atoms with Gasteiger partial charge in [0.05, 0.1) is 34.4 Å². The lowest BCUT2D eigenvalue weighted by molar-refractivity contribution is 0.0786. The molecule has 27 heavy (non-hydrogen) atoms. The number of hydrogen-bond donors (Lipinski definition) is 0. The van der Waals surface area contributed by atoms with Gasteiger partial charge in [0.15, 0.2) is 0 Å². The van der Waals surface area contributed by atoms with Crippen LogP contribution < -0.4 is 0 Å². The molecule has 8 nitrogen and oxygen atoms in total. The SMILES string of the molecule is Cc1noc(C)c1-c1cncc(C[C@H]2CCN(C(=O)c3cncnc3)C2)n1. The largest absolute Gasteiger partial charge is 0.361 e. The summed E-state index contributed by atoms with van der Waals surface area (Å²) in [6, 6.07) is 0. The molecule has 1 aliphatic rings. The van der Waals surface area contributed by atoms with E-state index in [0.29, 0.717) is 18.0 Å². The fourth-order valence-corrected chi connectivity index (χ4v) is 3.55. The number of nitrogens with zero attached hydrogens (tertiary/aromatic N) is 6. The highest BCUT2D eigenvalue weighted by atomic mass is 16.5. The molecule has 0 spiro atoms. The smallest absolute Gasteiger partial charge is 0.256 e. The topological polar surface area (TPSA) is 97.9 Å². The molecule has 0 saturated carbocycles. The summed E-state index contributed by atoms with van der Waals surface area (Å²) in [7, 11) is 0. The molecule has 3 aromatic heterocycles. The number of aryl methyl sites for hydroxylation is 2. The number of carbonyl (C=O) groups is 1. The first-order valence-corrected chi connectivity index (χ1v) is 8.90. The van der Waals surface area contributed by atoms with E-state index in [2.05, 4.69) is 20.1 Å². The number of aromatic nitrogens is 5. The predicted octanol–water partition coefficient (Wildman–Crippen LogP) is 2.24. The van der Waals surface area contributed by atoms with E-state index in [1.807, 2.05) is 18.7 Å². The van der Waals surface area contributed by atoms with Crippen LogP contribution in [-0.2, 0) is 6.42 Å². The van der Waals surface area contributed by atoms with Crippen molar-refractivity contribution in [1.82, 2.24) is 30.0 Å². The maximum atomic E-state index is 12.5. The minimum atomic E-state index is -0.0198.